The summed E-state index contributed by atoms with van der Waals surface area (Å²) in [6.45, 7) is 13.7. The van der Waals surface area contributed by atoms with E-state index in [1.165, 1.54) is 19.2 Å². The summed E-state index contributed by atoms with van der Waals surface area (Å²) in [6.07, 6.45) is 4.04. The molecule has 0 aliphatic carbocycles. The number of hydrogen-bond donors (Lipinski definition) is 2. The first-order valence-electron chi connectivity index (χ1n) is 9.78. The van der Waals surface area contributed by atoms with Crippen molar-refractivity contribution in [1.29, 1.82) is 0 Å². The summed E-state index contributed by atoms with van der Waals surface area (Å²) in [5, 5.41) is 9.93. The van der Waals surface area contributed by atoms with Crippen LogP contribution in [-0.2, 0) is 6.54 Å². The van der Waals surface area contributed by atoms with E-state index in [1.54, 1.807) is 0 Å². The topological polar surface area (TPSA) is 80.4 Å². The van der Waals surface area contributed by atoms with Crippen LogP contribution in [0.15, 0.2) is 6.33 Å². The molecule has 0 unspecified atom stereocenters. The number of aromatic amines is 1. The molecule has 3 heterocycles. The Morgan fingerprint density at radius 2 is 1.92 bits per heavy atom. The van der Waals surface area contributed by atoms with Crippen molar-refractivity contribution in [3.05, 3.63) is 12.2 Å². The number of carbonyl (C=O) groups is 1. The Morgan fingerprint density at radius 1 is 1.23 bits per heavy atom. The summed E-state index contributed by atoms with van der Waals surface area (Å²) in [6, 6.07) is 0.0581. The van der Waals surface area contributed by atoms with Gasteiger partial charge < -0.3 is 10.2 Å². The molecule has 1 aromatic rings. The van der Waals surface area contributed by atoms with E-state index in [0.29, 0.717) is 6.54 Å². The minimum absolute atomic E-state index is 0.00388. The molecule has 2 fully saturated rings. The number of nitrogens with one attached hydrogen (secondary N) is 2. The first kappa shape index (κ1) is 19.1. The normalized spacial score (nSPS) is 21.1. The van der Waals surface area contributed by atoms with Crippen LogP contribution in [0.3, 0.4) is 0 Å². The third-order valence-electron chi connectivity index (χ3n) is 5.81. The van der Waals surface area contributed by atoms with E-state index in [0.717, 1.165) is 57.6 Å². The lowest BCUT2D eigenvalue weighted by Gasteiger charge is -2.43. The van der Waals surface area contributed by atoms with Gasteiger partial charge in [0.1, 0.15) is 12.2 Å². The van der Waals surface area contributed by atoms with Crippen molar-refractivity contribution in [3.8, 4) is 0 Å². The maximum absolute atomic E-state index is 12.6. The van der Waals surface area contributed by atoms with Crippen LogP contribution in [0.1, 0.15) is 39.4 Å². The molecule has 2 aliphatic heterocycles. The third kappa shape index (κ3) is 4.94. The van der Waals surface area contributed by atoms with Gasteiger partial charge in [0.15, 0.2) is 0 Å². The number of likely N-dealkylation sites (tertiary alicyclic amines) is 1. The second kappa shape index (κ2) is 8.35. The fraction of sp³-hybridized carbons (Fsp3) is 0.833. The maximum atomic E-state index is 12.6. The van der Waals surface area contributed by atoms with Gasteiger partial charge in [-0.1, -0.05) is 6.92 Å². The van der Waals surface area contributed by atoms with Crippen LogP contribution >= 0.6 is 0 Å². The second-order valence-corrected chi connectivity index (χ2v) is 8.34. The molecule has 146 valence electrons. The molecule has 2 aliphatic rings. The molecular weight excluding hydrogens is 330 g/mol. The number of piperazine rings is 1. The number of piperidine rings is 1. The first-order chi connectivity index (χ1) is 12.4. The van der Waals surface area contributed by atoms with E-state index >= 15 is 0 Å². The molecule has 26 heavy (non-hydrogen) atoms. The number of aromatic nitrogens is 3. The molecule has 8 heteroatoms. The molecule has 0 saturated carbocycles. The van der Waals surface area contributed by atoms with Crippen LogP contribution in [-0.4, -0.2) is 87.3 Å². The van der Waals surface area contributed by atoms with Crippen molar-refractivity contribution in [1.82, 2.24) is 35.2 Å². The fourth-order valence-electron chi connectivity index (χ4n) is 3.76. The molecule has 0 radical (unpaired) electrons. The van der Waals surface area contributed by atoms with Crippen molar-refractivity contribution >= 4 is 6.03 Å². The minimum atomic E-state index is 0.00388. The number of rotatable bonds is 5. The summed E-state index contributed by atoms with van der Waals surface area (Å²) >= 11 is 0. The number of carbonyl (C=O) groups excluding carboxylic acids is 1. The van der Waals surface area contributed by atoms with Crippen LogP contribution in [0.4, 0.5) is 4.79 Å². The molecule has 0 spiro atoms. The van der Waals surface area contributed by atoms with Crippen molar-refractivity contribution < 1.29 is 4.79 Å². The van der Waals surface area contributed by atoms with Gasteiger partial charge in [-0.2, -0.15) is 5.10 Å². The summed E-state index contributed by atoms with van der Waals surface area (Å²) in [4.78, 5) is 23.4. The van der Waals surface area contributed by atoms with Crippen molar-refractivity contribution in [2.75, 3.05) is 45.8 Å². The third-order valence-corrected chi connectivity index (χ3v) is 5.81. The molecule has 2 saturated heterocycles. The highest BCUT2D eigenvalue weighted by atomic mass is 16.2. The SMILES string of the molecule is CC1CCN(C(C)(C)CNC(=O)N2CCN(Cc3ncn[nH]3)CC2)CC1. The van der Waals surface area contributed by atoms with E-state index in [2.05, 4.69) is 51.1 Å². The van der Waals surface area contributed by atoms with E-state index in [-0.39, 0.29) is 11.6 Å². The van der Waals surface area contributed by atoms with E-state index in [4.69, 9.17) is 0 Å². The van der Waals surface area contributed by atoms with Crippen LogP contribution in [0.2, 0.25) is 0 Å². The summed E-state index contributed by atoms with van der Waals surface area (Å²) in [5.41, 5.74) is 0.00388. The van der Waals surface area contributed by atoms with Gasteiger partial charge in [0.05, 0.1) is 6.54 Å². The Hall–Kier alpha value is -1.67. The van der Waals surface area contributed by atoms with Gasteiger partial charge in [0, 0.05) is 38.3 Å². The molecule has 8 nitrogen and oxygen atoms in total. The first-order valence-corrected chi connectivity index (χ1v) is 9.78. The van der Waals surface area contributed by atoms with Gasteiger partial charge in [-0.3, -0.25) is 14.9 Å². The number of hydrogen-bond acceptors (Lipinski definition) is 5. The highest BCUT2D eigenvalue weighted by Gasteiger charge is 2.31. The van der Waals surface area contributed by atoms with Gasteiger partial charge in [-0.05, 0) is 45.7 Å². The predicted molar refractivity (Wildman–Crippen MR) is 101 cm³/mol. The van der Waals surface area contributed by atoms with Crippen molar-refractivity contribution in [2.45, 2.75) is 45.7 Å². The molecule has 0 atom stereocenters. The lowest BCUT2D eigenvalue weighted by molar-refractivity contribution is 0.0758. The number of H-pyrrole nitrogens is 1. The summed E-state index contributed by atoms with van der Waals surface area (Å²) in [7, 11) is 0. The maximum Gasteiger partial charge on any atom is 0.317 e. The molecule has 0 aromatic carbocycles. The Morgan fingerprint density at radius 3 is 2.54 bits per heavy atom. The average molecular weight is 364 g/mol. The minimum Gasteiger partial charge on any atom is -0.336 e. The van der Waals surface area contributed by atoms with Gasteiger partial charge in [0.2, 0.25) is 0 Å². The van der Waals surface area contributed by atoms with Crippen molar-refractivity contribution in [3.63, 3.8) is 0 Å². The molecule has 2 amide bonds. The largest absolute Gasteiger partial charge is 0.336 e. The summed E-state index contributed by atoms with van der Waals surface area (Å²) < 4.78 is 0. The zero-order valence-electron chi connectivity index (χ0n) is 16.4. The number of amides is 2. The molecule has 0 bridgehead atoms. The molecule has 2 N–H and O–H groups in total. The lowest BCUT2D eigenvalue weighted by atomic mass is 9.93. The quantitative estimate of drug-likeness (QED) is 0.820. The Bertz CT molecular complexity index is 558. The van der Waals surface area contributed by atoms with Crippen molar-refractivity contribution in [2.24, 2.45) is 5.92 Å². The smallest absolute Gasteiger partial charge is 0.317 e. The number of urea groups is 1. The molecular formula is C18H33N7O. The van der Waals surface area contributed by atoms with E-state index in [1.807, 2.05) is 4.90 Å². The van der Waals surface area contributed by atoms with Gasteiger partial charge >= 0.3 is 6.03 Å². The van der Waals surface area contributed by atoms with Crippen LogP contribution in [0, 0.1) is 5.92 Å². The standard InChI is InChI=1S/C18H33N7O/c1-15-4-6-25(7-5-15)18(2,3)13-19-17(26)24-10-8-23(9-11-24)12-16-20-14-21-22-16/h14-15H,4-13H2,1-3H3,(H,19,26)(H,20,21,22). The van der Waals surface area contributed by atoms with Crippen LogP contribution < -0.4 is 5.32 Å². The van der Waals surface area contributed by atoms with Crippen LogP contribution in [0.5, 0.6) is 0 Å². The molecule has 1 aromatic heterocycles. The zero-order chi connectivity index (χ0) is 18.6. The number of nitrogens with zero attached hydrogens (tertiary/aromatic N) is 5. The van der Waals surface area contributed by atoms with Gasteiger partial charge in [0.25, 0.3) is 0 Å². The molecule has 3 rings (SSSR count). The zero-order valence-corrected chi connectivity index (χ0v) is 16.4. The highest BCUT2D eigenvalue weighted by Crippen LogP contribution is 2.23. The fourth-order valence-corrected chi connectivity index (χ4v) is 3.76. The Labute approximate surface area is 156 Å². The lowest BCUT2D eigenvalue weighted by Crippen LogP contribution is -2.57. The monoisotopic (exact) mass is 363 g/mol. The van der Waals surface area contributed by atoms with Gasteiger partial charge in [-0.15, -0.1) is 0 Å². The summed E-state index contributed by atoms with van der Waals surface area (Å²) in [5.74, 6) is 1.70. The Kier molecular flexibility index (Phi) is 6.13. The Balaban J connectivity index is 1.40. The van der Waals surface area contributed by atoms with E-state index in [9.17, 15) is 4.79 Å². The van der Waals surface area contributed by atoms with Crippen LogP contribution in [0.25, 0.3) is 0 Å². The highest BCUT2D eigenvalue weighted by molar-refractivity contribution is 5.74. The van der Waals surface area contributed by atoms with E-state index < -0.39 is 0 Å². The second-order valence-electron chi connectivity index (χ2n) is 8.34. The van der Waals surface area contributed by atoms with Gasteiger partial charge in [-0.25, -0.2) is 9.78 Å². The predicted octanol–water partition coefficient (Wildman–Crippen LogP) is 1.14. The average Bonchev–Trinajstić information content (AvgIpc) is 3.14.